The molecule has 0 aliphatic carbocycles. The minimum atomic E-state index is -3.51. The summed E-state index contributed by atoms with van der Waals surface area (Å²) < 4.78 is 24.6. The SMILES string of the molecule is COP(=O)(OC)[C@H](Nc1ccc(C)cc1)c1c2ccccc2cc2ccccc12. The molecular formula is C24H24NO3P. The fourth-order valence-electron chi connectivity index (χ4n) is 3.75. The largest absolute Gasteiger partial charge is 0.368 e. The van der Waals surface area contributed by atoms with Gasteiger partial charge in [0.15, 0.2) is 5.78 Å². The van der Waals surface area contributed by atoms with Crippen LogP contribution in [0.4, 0.5) is 5.69 Å². The van der Waals surface area contributed by atoms with Crippen LogP contribution in [0, 0.1) is 6.92 Å². The molecule has 0 fully saturated rings. The van der Waals surface area contributed by atoms with Gasteiger partial charge in [-0.1, -0.05) is 66.2 Å². The molecule has 4 nitrogen and oxygen atoms in total. The van der Waals surface area contributed by atoms with Gasteiger partial charge in [-0.2, -0.15) is 0 Å². The van der Waals surface area contributed by atoms with Crippen LogP contribution >= 0.6 is 7.60 Å². The third kappa shape index (κ3) is 3.67. The fourth-order valence-corrected chi connectivity index (χ4v) is 5.22. The van der Waals surface area contributed by atoms with Crippen molar-refractivity contribution in [1.29, 1.82) is 0 Å². The third-order valence-corrected chi connectivity index (χ3v) is 7.30. The van der Waals surface area contributed by atoms with E-state index in [2.05, 4.69) is 35.6 Å². The van der Waals surface area contributed by atoms with E-state index in [4.69, 9.17) is 9.05 Å². The molecule has 0 bridgehead atoms. The molecule has 0 amide bonds. The molecule has 0 heterocycles. The van der Waals surface area contributed by atoms with Gasteiger partial charge in [0.25, 0.3) is 0 Å². The zero-order valence-corrected chi connectivity index (χ0v) is 17.6. The molecule has 29 heavy (non-hydrogen) atoms. The lowest BCUT2D eigenvalue weighted by molar-refractivity contribution is 0.269. The molecule has 0 saturated heterocycles. The van der Waals surface area contributed by atoms with Crippen LogP contribution in [0.2, 0.25) is 0 Å². The Morgan fingerprint density at radius 2 is 1.31 bits per heavy atom. The van der Waals surface area contributed by atoms with Crippen molar-refractivity contribution in [2.75, 3.05) is 19.5 Å². The number of benzene rings is 4. The zero-order valence-electron chi connectivity index (χ0n) is 16.8. The van der Waals surface area contributed by atoms with E-state index < -0.39 is 13.4 Å². The van der Waals surface area contributed by atoms with Crippen LogP contribution in [0.1, 0.15) is 16.9 Å². The lowest BCUT2D eigenvalue weighted by Gasteiger charge is -2.28. The molecule has 0 aliphatic rings. The molecule has 0 aliphatic heterocycles. The first-order chi connectivity index (χ1) is 14.1. The summed E-state index contributed by atoms with van der Waals surface area (Å²) in [4.78, 5) is 0. The zero-order chi connectivity index (χ0) is 20.4. The smallest absolute Gasteiger partial charge is 0.356 e. The van der Waals surface area contributed by atoms with Crippen LogP contribution in [-0.4, -0.2) is 14.2 Å². The maximum Gasteiger partial charge on any atom is 0.356 e. The van der Waals surface area contributed by atoms with Crippen LogP contribution in [0.25, 0.3) is 21.5 Å². The fraction of sp³-hybridized carbons (Fsp3) is 0.167. The Morgan fingerprint density at radius 3 is 1.83 bits per heavy atom. The molecular weight excluding hydrogens is 381 g/mol. The van der Waals surface area contributed by atoms with Crippen molar-refractivity contribution in [1.82, 2.24) is 0 Å². The Kier molecular flexibility index (Phi) is 5.42. The molecule has 4 aromatic carbocycles. The van der Waals surface area contributed by atoms with Crippen molar-refractivity contribution in [3.05, 3.63) is 90.0 Å². The molecule has 1 atom stereocenters. The number of nitrogens with one attached hydrogen (secondary N) is 1. The number of fused-ring (bicyclic) bond motifs is 2. The van der Waals surface area contributed by atoms with Gasteiger partial charge in [0, 0.05) is 25.5 Å². The molecule has 0 saturated carbocycles. The highest BCUT2D eigenvalue weighted by atomic mass is 31.2. The van der Waals surface area contributed by atoms with Crippen LogP contribution in [0.5, 0.6) is 0 Å². The Hall–Kier alpha value is -2.65. The second-order valence-electron chi connectivity index (χ2n) is 7.05. The highest BCUT2D eigenvalue weighted by molar-refractivity contribution is 7.54. The van der Waals surface area contributed by atoms with Gasteiger partial charge in [0.2, 0.25) is 0 Å². The lowest BCUT2D eigenvalue weighted by Crippen LogP contribution is -2.14. The molecule has 0 radical (unpaired) electrons. The van der Waals surface area contributed by atoms with E-state index in [-0.39, 0.29) is 0 Å². The number of aryl methyl sites for hydroxylation is 1. The minimum Gasteiger partial charge on any atom is -0.368 e. The predicted molar refractivity (Wildman–Crippen MR) is 121 cm³/mol. The first-order valence-electron chi connectivity index (χ1n) is 9.50. The second kappa shape index (κ2) is 8.00. The summed E-state index contributed by atoms with van der Waals surface area (Å²) in [6.07, 6.45) is 0. The summed E-state index contributed by atoms with van der Waals surface area (Å²) >= 11 is 0. The first-order valence-corrected chi connectivity index (χ1v) is 11.1. The van der Waals surface area contributed by atoms with Crippen molar-refractivity contribution in [3.63, 3.8) is 0 Å². The quantitative estimate of drug-likeness (QED) is 0.280. The molecule has 4 rings (SSSR count). The van der Waals surface area contributed by atoms with Gasteiger partial charge in [-0.05, 0) is 46.7 Å². The molecule has 0 unspecified atom stereocenters. The first kappa shape index (κ1) is 19.7. The highest BCUT2D eigenvalue weighted by Gasteiger charge is 2.37. The topological polar surface area (TPSA) is 47.6 Å². The predicted octanol–water partition coefficient (Wildman–Crippen LogP) is 6.90. The Balaban J connectivity index is 2.02. The molecule has 0 aromatic heterocycles. The maximum atomic E-state index is 13.7. The van der Waals surface area contributed by atoms with Crippen molar-refractivity contribution in [3.8, 4) is 0 Å². The molecule has 148 valence electrons. The van der Waals surface area contributed by atoms with Crippen molar-refractivity contribution >= 4 is 34.8 Å². The van der Waals surface area contributed by atoms with Crippen LogP contribution in [0.3, 0.4) is 0 Å². The molecule has 4 aromatic rings. The van der Waals surface area contributed by atoms with E-state index in [0.717, 1.165) is 38.4 Å². The van der Waals surface area contributed by atoms with Gasteiger partial charge in [-0.3, -0.25) is 4.57 Å². The minimum absolute atomic E-state index is 0.670. The van der Waals surface area contributed by atoms with E-state index in [1.54, 1.807) is 0 Å². The van der Waals surface area contributed by atoms with Gasteiger partial charge in [-0.15, -0.1) is 0 Å². The summed E-state index contributed by atoms with van der Waals surface area (Å²) in [5.74, 6) is -0.670. The normalized spacial score (nSPS) is 12.9. The monoisotopic (exact) mass is 405 g/mol. The van der Waals surface area contributed by atoms with Gasteiger partial charge >= 0.3 is 7.60 Å². The Morgan fingerprint density at radius 1 is 0.793 bits per heavy atom. The van der Waals surface area contributed by atoms with Gasteiger partial charge in [0.05, 0.1) is 0 Å². The summed E-state index contributed by atoms with van der Waals surface area (Å²) in [7, 11) is -0.646. The summed E-state index contributed by atoms with van der Waals surface area (Å²) in [5, 5.41) is 7.63. The lowest BCUT2D eigenvalue weighted by atomic mass is 9.96. The molecule has 0 spiro atoms. The van der Waals surface area contributed by atoms with Crippen LogP contribution < -0.4 is 5.32 Å². The van der Waals surface area contributed by atoms with E-state index in [0.29, 0.717) is 0 Å². The summed E-state index contributed by atoms with van der Waals surface area (Å²) in [6, 6.07) is 26.4. The third-order valence-electron chi connectivity index (χ3n) is 5.27. The molecule has 1 N–H and O–H groups in total. The highest BCUT2D eigenvalue weighted by Crippen LogP contribution is 2.61. The van der Waals surface area contributed by atoms with E-state index in [1.165, 1.54) is 14.2 Å². The van der Waals surface area contributed by atoms with Gasteiger partial charge in [-0.25, -0.2) is 0 Å². The van der Waals surface area contributed by atoms with Crippen LogP contribution in [-0.2, 0) is 13.6 Å². The van der Waals surface area contributed by atoms with Crippen molar-refractivity contribution < 1.29 is 13.6 Å². The van der Waals surface area contributed by atoms with E-state index in [9.17, 15) is 4.57 Å². The average molecular weight is 405 g/mol. The Bertz CT molecular complexity index is 1140. The number of hydrogen-bond acceptors (Lipinski definition) is 4. The van der Waals surface area contributed by atoms with Gasteiger partial charge in [0.1, 0.15) is 0 Å². The number of hydrogen-bond donors (Lipinski definition) is 1. The van der Waals surface area contributed by atoms with E-state index >= 15 is 0 Å². The maximum absolute atomic E-state index is 13.7. The Labute approximate surface area is 171 Å². The van der Waals surface area contributed by atoms with E-state index in [1.807, 2.05) is 55.5 Å². The number of anilines is 1. The van der Waals surface area contributed by atoms with Crippen LogP contribution in [0.15, 0.2) is 78.9 Å². The average Bonchev–Trinajstić information content (AvgIpc) is 2.77. The van der Waals surface area contributed by atoms with Gasteiger partial charge < -0.3 is 14.4 Å². The number of rotatable bonds is 6. The van der Waals surface area contributed by atoms with Crippen molar-refractivity contribution in [2.45, 2.75) is 12.7 Å². The summed E-state index contributed by atoms with van der Waals surface area (Å²) in [6.45, 7) is 2.04. The summed E-state index contributed by atoms with van der Waals surface area (Å²) in [5.41, 5.74) is 2.92. The standard InChI is InChI=1S/C24H24NO3P/c1-17-12-14-20(15-13-17)25-24(29(26,27-2)28-3)23-21-10-6-4-8-18(21)16-19-9-5-7-11-22(19)23/h4-16,24-25H,1-3H3/t24-/m0/s1. The second-order valence-corrected chi connectivity index (χ2v) is 9.38. The van der Waals surface area contributed by atoms with Crippen molar-refractivity contribution in [2.24, 2.45) is 0 Å². The molecule has 5 heteroatoms.